The predicted octanol–water partition coefficient (Wildman–Crippen LogP) is 2.77. The number of nitrogens with zero attached hydrogens (tertiary/aromatic N) is 2. The Balaban J connectivity index is 1.96. The summed E-state index contributed by atoms with van der Waals surface area (Å²) >= 11 is 5.94. The first kappa shape index (κ1) is 15.3. The molecular formula is C16H18ClN3O. The molecule has 0 radical (unpaired) electrons. The molecule has 0 aliphatic rings. The van der Waals surface area contributed by atoms with Crippen LogP contribution in [0.3, 0.4) is 0 Å². The molecule has 0 aliphatic carbocycles. The second-order valence-corrected chi connectivity index (χ2v) is 5.34. The van der Waals surface area contributed by atoms with Gasteiger partial charge in [-0.2, -0.15) is 0 Å². The van der Waals surface area contributed by atoms with Crippen molar-refractivity contribution in [3.63, 3.8) is 0 Å². The number of hydrogen-bond donors (Lipinski definition) is 1. The van der Waals surface area contributed by atoms with Crippen molar-refractivity contribution in [1.82, 2.24) is 10.3 Å². The topological polar surface area (TPSA) is 45.2 Å². The van der Waals surface area contributed by atoms with E-state index in [0.717, 1.165) is 12.0 Å². The maximum Gasteiger partial charge on any atom is 0.255 e. The lowest BCUT2D eigenvalue weighted by Crippen LogP contribution is -2.28. The van der Waals surface area contributed by atoms with Crippen LogP contribution in [-0.4, -0.2) is 31.5 Å². The zero-order valence-corrected chi connectivity index (χ0v) is 12.9. The number of halogens is 1. The average Bonchev–Trinajstić information content (AvgIpc) is 2.47. The van der Waals surface area contributed by atoms with E-state index < -0.39 is 0 Å². The van der Waals surface area contributed by atoms with Crippen LogP contribution in [-0.2, 0) is 6.42 Å². The zero-order chi connectivity index (χ0) is 15.2. The lowest BCUT2D eigenvalue weighted by Gasteiger charge is -2.15. The summed E-state index contributed by atoms with van der Waals surface area (Å²) in [5.41, 5.74) is 1.68. The van der Waals surface area contributed by atoms with E-state index in [9.17, 15) is 4.79 Å². The molecule has 2 aromatic rings. The van der Waals surface area contributed by atoms with Crippen LogP contribution < -0.4 is 10.2 Å². The third-order valence-corrected chi connectivity index (χ3v) is 3.28. The first-order chi connectivity index (χ1) is 10.1. The summed E-state index contributed by atoms with van der Waals surface area (Å²) in [7, 11) is 3.73. The molecule has 2 rings (SSSR count). The first-order valence-corrected chi connectivity index (χ1v) is 7.10. The van der Waals surface area contributed by atoms with Crippen molar-refractivity contribution in [2.45, 2.75) is 6.42 Å². The number of carbonyl (C=O) groups is 1. The Morgan fingerprint density at radius 3 is 2.81 bits per heavy atom. The van der Waals surface area contributed by atoms with Crippen LogP contribution in [0.15, 0.2) is 42.6 Å². The highest BCUT2D eigenvalue weighted by atomic mass is 35.5. The minimum absolute atomic E-state index is 0.117. The minimum atomic E-state index is -0.117. The van der Waals surface area contributed by atoms with Crippen LogP contribution >= 0.6 is 11.6 Å². The molecule has 0 saturated carbocycles. The van der Waals surface area contributed by atoms with Crippen molar-refractivity contribution in [2.75, 3.05) is 25.5 Å². The van der Waals surface area contributed by atoms with Crippen LogP contribution in [0.1, 0.15) is 15.9 Å². The van der Waals surface area contributed by atoms with Gasteiger partial charge in [-0.25, -0.2) is 4.98 Å². The van der Waals surface area contributed by atoms with Gasteiger partial charge in [0.2, 0.25) is 0 Å². The predicted molar refractivity (Wildman–Crippen MR) is 86.1 cm³/mol. The molecule has 0 aliphatic heterocycles. The lowest BCUT2D eigenvalue weighted by atomic mass is 10.1. The number of pyridine rings is 1. The molecule has 0 bridgehead atoms. The van der Waals surface area contributed by atoms with Gasteiger partial charge in [0.15, 0.2) is 0 Å². The Morgan fingerprint density at radius 1 is 1.29 bits per heavy atom. The van der Waals surface area contributed by atoms with E-state index in [4.69, 9.17) is 11.6 Å². The average molecular weight is 304 g/mol. The molecule has 21 heavy (non-hydrogen) atoms. The molecule has 1 aromatic heterocycles. The van der Waals surface area contributed by atoms with Crippen molar-refractivity contribution in [3.8, 4) is 0 Å². The SMILES string of the molecule is CN(C)c1ncccc1C(=O)NCCc1cccc(Cl)c1. The van der Waals surface area contributed by atoms with E-state index in [-0.39, 0.29) is 5.91 Å². The summed E-state index contributed by atoms with van der Waals surface area (Å²) in [6.45, 7) is 0.556. The van der Waals surface area contributed by atoms with E-state index in [1.165, 1.54) is 0 Å². The number of rotatable bonds is 5. The summed E-state index contributed by atoms with van der Waals surface area (Å²) in [6, 6.07) is 11.2. The molecule has 1 amide bonds. The number of benzene rings is 1. The van der Waals surface area contributed by atoms with Crippen molar-refractivity contribution >= 4 is 23.3 Å². The van der Waals surface area contributed by atoms with Crippen LogP contribution in [0.5, 0.6) is 0 Å². The highest BCUT2D eigenvalue weighted by molar-refractivity contribution is 6.30. The van der Waals surface area contributed by atoms with Gasteiger partial charge in [0.25, 0.3) is 5.91 Å². The maximum atomic E-state index is 12.2. The summed E-state index contributed by atoms with van der Waals surface area (Å²) < 4.78 is 0. The van der Waals surface area contributed by atoms with Gasteiger partial charge in [0.1, 0.15) is 5.82 Å². The normalized spacial score (nSPS) is 10.2. The number of carbonyl (C=O) groups excluding carboxylic acids is 1. The molecule has 0 spiro atoms. The molecule has 0 saturated heterocycles. The maximum absolute atomic E-state index is 12.2. The van der Waals surface area contributed by atoms with Crippen molar-refractivity contribution < 1.29 is 4.79 Å². The summed E-state index contributed by atoms with van der Waals surface area (Å²) in [5, 5.41) is 3.62. The van der Waals surface area contributed by atoms with Gasteiger partial charge in [0.05, 0.1) is 5.56 Å². The van der Waals surface area contributed by atoms with Gasteiger partial charge in [-0.3, -0.25) is 4.79 Å². The molecule has 1 aromatic carbocycles. The summed E-state index contributed by atoms with van der Waals surface area (Å²) in [5.74, 6) is 0.548. The monoisotopic (exact) mass is 303 g/mol. The fourth-order valence-electron chi connectivity index (χ4n) is 2.04. The molecule has 1 heterocycles. The smallest absolute Gasteiger partial charge is 0.255 e. The van der Waals surface area contributed by atoms with Gasteiger partial charge in [-0.05, 0) is 36.2 Å². The van der Waals surface area contributed by atoms with Crippen LogP contribution in [0.2, 0.25) is 5.02 Å². The third-order valence-electron chi connectivity index (χ3n) is 3.04. The van der Waals surface area contributed by atoms with E-state index in [0.29, 0.717) is 22.9 Å². The summed E-state index contributed by atoms with van der Waals surface area (Å²) in [6.07, 6.45) is 2.42. The van der Waals surface area contributed by atoms with E-state index in [2.05, 4.69) is 10.3 Å². The van der Waals surface area contributed by atoms with Crippen molar-refractivity contribution in [2.24, 2.45) is 0 Å². The Bertz CT molecular complexity index is 628. The van der Waals surface area contributed by atoms with E-state index in [1.807, 2.05) is 43.3 Å². The fourth-order valence-corrected chi connectivity index (χ4v) is 2.25. The zero-order valence-electron chi connectivity index (χ0n) is 12.1. The number of anilines is 1. The Morgan fingerprint density at radius 2 is 2.10 bits per heavy atom. The van der Waals surface area contributed by atoms with Crippen LogP contribution in [0.4, 0.5) is 5.82 Å². The van der Waals surface area contributed by atoms with Gasteiger partial charge in [-0.15, -0.1) is 0 Å². The number of aromatic nitrogens is 1. The van der Waals surface area contributed by atoms with Crippen LogP contribution in [0, 0.1) is 0 Å². The largest absolute Gasteiger partial charge is 0.362 e. The Hall–Kier alpha value is -2.07. The first-order valence-electron chi connectivity index (χ1n) is 6.73. The number of amides is 1. The third kappa shape index (κ3) is 4.20. The molecule has 110 valence electrons. The fraction of sp³-hybridized carbons (Fsp3) is 0.250. The summed E-state index contributed by atoms with van der Waals surface area (Å²) in [4.78, 5) is 18.3. The van der Waals surface area contributed by atoms with Crippen molar-refractivity contribution in [3.05, 3.63) is 58.7 Å². The standard InChI is InChI=1S/C16H18ClN3O/c1-20(2)15-14(7-4-9-18-15)16(21)19-10-8-12-5-3-6-13(17)11-12/h3-7,9,11H,8,10H2,1-2H3,(H,19,21). The van der Waals surface area contributed by atoms with E-state index >= 15 is 0 Å². The molecule has 0 unspecified atom stereocenters. The molecule has 1 N–H and O–H groups in total. The Kier molecular flexibility index (Phi) is 5.17. The molecule has 4 nitrogen and oxygen atoms in total. The highest BCUT2D eigenvalue weighted by Gasteiger charge is 2.12. The number of hydrogen-bond acceptors (Lipinski definition) is 3. The van der Waals surface area contributed by atoms with Crippen molar-refractivity contribution in [1.29, 1.82) is 0 Å². The van der Waals surface area contributed by atoms with Gasteiger partial charge < -0.3 is 10.2 Å². The quantitative estimate of drug-likeness (QED) is 0.924. The van der Waals surface area contributed by atoms with Gasteiger partial charge >= 0.3 is 0 Å². The second-order valence-electron chi connectivity index (χ2n) is 4.90. The van der Waals surface area contributed by atoms with Gasteiger partial charge in [0, 0.05) is 31.9 Å². The second kappa shape index (κ2) is 7.09. The molecule has 5 heteroatoms. The minimum Gasteiger partial charge on any atom is -0.362 e. The molecule has 0 atom stereocenters. The van der Waals surface area contributed by atoms with E-state index in [1.54, 1.807) is 18.3 Å². The van der Waals surface area contributed by atoms with Crippen LogP contribution in [0.25, 0.3) is 0 Å². The highest BCUT2D eigenvalue weighted by Crippen LogP contribution is 2.14. The van der Waals surface area contributed by atoms with Gasteiger partial charge in [-0.1, -0.05) is 23.7 Å². The Labute approximate surface area is 129 Å². The number of nitrogens with one attached hydrogen (secondary N) is 1. The molecular weight excluding hydrogens is 286 g/mol. The lowest BCUT2D eigenvalue weighted by molar-refractivity contribution is 0.0954. The molecule has 0 fully saturated rings.